The van der Waals surface area contributed by atoms with Gasteiger partial charge in [-0.25, -0.2) is 0 Å². The highest BCUT2D eigenvalue weighted by atomic mass is 28.4. The van der Waals surface area contributed by atoms with E-state index >= 15 is 0 Å². The van der Waals surface area contributed by atoms with Gasteiger partial charge in [0.15, 0.2) is 8.32 Å². The van der Waals surface area contributed by atoms with Crippen molar-refractivity contribution in [2.24, 2.45) is 0 Å². The van der Waals surface area contributed by atoms with E-state index in [1.807, 2.05) is 6.07 Å². The van der Waals surface area contributed by atoms with Crippen molar-refractivity contribution in [3.63, 3.8) is 0 Å². The van der Waals surface area contributed by atoms with Crippen molar-refractivity contribution in [1.82, 2.24) is 0 Å². The van der Waals surface area contributed by atoms with E-state index in [-0.39, 0.29) is 23.4 Å². The number of methoxy groups -OCH3 is 1. The Balaban J connectivity index is 2.09. The molecule has 3 unspecified atom stereocenters. The molecule has 0 aromatic heterocycles. The molecule has 24 heavy (non-hydrogen) atoms. The molecule has 0 aliphatic heterocycles. The molecule has 0 amide bonds. The predicted octanol–water partition coefficient (Wildman–Crippen LogP) is 5.16. The Morgan fingerprint density at radius 3 is 2.25 bits per heavy atom. The Bertz CT molecular complexity index is 495. The predicted molar refractivity (Wildman–Crippen MR) is 102 cm³/mol. The van der Waals surface area contributed by atoms with Crippen LogP contribution < -0.4 is 0 Å². The van der Waals surface area contributed by atoms with Gasteiger partial charge in [0.25, 0.3) is 0 Å². The summed E-state index contributed by atoms with van der Waals surface area (Å²) < 4.78 is 18.8. The topological polar surface area (TPSA) is 27.7 Å². The smallest absolute Gasteiger partial charge is 0.192 e. The molecule has 136 valence electrons. The Morgan fingerprint density at radius 1 is 1.04 bits per heavy atom. The zero-order valence-corrected chi connectivity index (χ0v) is 17.2. The highest BCUT2D eigenvalue weighted by molar-refractivity contribution is 6.74. The number of hydrogen-bond acceptors (Lipinski definition) is 3. The molecule has 4 heteroatoms. The number of benzene rings is 1. The molecule has 0 N–H and O–H groups in total. The van der Waals surface area contributed by atoms with Gasteiger partial charge in [-0.15, -0.1) is 0 Å². The number of rotatable bonds is 6. The maximum absolute atomic E-state index is 6.74. The fraction of sp³-hybridized carbons (Fsp3) is 0.700. The second-order valence-corrected chi connectivity index (χ2v) is 13.1. The molecule has 0 spiro atoms. The molecule has 0 radical (unpaired) electrons. The van der Waals surface area contributed by atoms with Crippen LogP contribution in [-0.4, -0.2) is 33.7 Å². The molecule has 3 nitrogen and oxygen atoms in total. The molecule has 0 heterocycles. The van der Waals surface area contributed by atoms with Crippen LogP contribution in [0.25, 0.3) is 0 Å². The lowest BCUT2D eigenvalue weighted by Crippen LogP contribution is -2.53. The second kappa shape index (κ2) is 8.13. The van der Waals surface area contributed by atoms with Crippen LogP contribution in [0.1, 0.15) is 45.6 Å². The fourth-order valence-electron chi connectivity index (χ4n) is 2.96. The first-order valence-electron chi connectivity index (χ1n) is 9.11. The molecule has 1 aliphatic rings. The van der Waals surface area contributed by atoms with Crippen LogP contribution in [0.4, 0.5) is 0 Å². The molecule has 2 rings (SSSR count). The van der Waals surface area contributed by atoms with Crippen molar-refractivity contribution in [3.05, 3.63) is 35.9 Å². The summed E-state index contributed by atoms with van der Waals surface area (Å²) in [5, 5.41) is 0.187. The van der Waals surface area contributed by atoms with E-state index in [0.29, 0.717) is 6.61 Å². The van der Waals surface area contributed by atoms with Crippen molar-refractivity contribution in [2.75, 3.05) is 7.11 Å². The van der Waals surface area contributed by atoms with Gasteiger partial charge in [0.1, 0.15) is 0 Å². The highest BCUT2D eigenvalue weighted by Crippen LogP contribution is 2.40. The lowest BCUT2D eigenvalue weighted by atomic mass is 9.92. The molecule has 0 saturated heterocycles. The summed E-state index contributed by atoms with van der Waals surface area (Å²) in [4.78, 5) is 0. The molecular weight excluding hydrogens is 316 g/mol. The van der Waals surface area contributed by atoms with Crippen LogP contribution in [0.5, 0.6) is 0 Å². The average molecular weight is 351 g/mol. The van der Waals surface area contributed by atoms with Gasteiger partial charge >= 0.3 is 0 Å². The van der Waals surface area contributed by atoms with Gasteiger partial charge in [-0.3, -0.25) is 0 Å². The van der Waals surface area contributed by atoms with Crippen LogP contribution in [0.3, 0.4) is 0 Å². The first-order valence-corrected chi connectivity index (χ1v) is 12.0. The lowest BCUT2D eigenvalue weighted by Gasteiger charge is -2.45. The van der Waals surface area contributed by atoms with Crippen LogP contribution in [-0.2, 0) is 20.5 Å². The summed E-state index contributed by atoms with van der Waals surface area (Å²) in [5.41, 5.74) is 1.21. The van der Waals surface area contributed by atoms with Crippen molar-refractivity contribution in [2.45, 2.75) is 83.1 Å². The van der Waals surface area contributed by atoms with Crippen LogP contribution in [0, 0.1) is 0 Å². The van der Waals surface area contributed by atoms with Gasteiger partial charge in [-0.05, 0) is 43.0 Å². The van der Waals surface area contributed by atoms with Crippen LogP contribution >= 0.6 is 0 Å². The SMILES string of the molecule is COC1CCCC(OCc2ccccc2)C1O[Si](C)(C)C(C)(C)C. The first-order chi connectivity index (χ1) is 11.2. The molecule has 3 atom stereocenters. The fourth-order valence-corrected chi connectivity index (χ4v) is 4.30. The summed E-state index contributed by atoms with van der Waals surface area (Å²) in [6.45, 7) is 12.1. The molecule has 1 fully saturated rings. The molecule has 1 aliphatic carbocycles. The van der Waals surface area contributed by atoms with Crippen molar-refractivity contribution in [1.29, 1.82) is 0 Å². The standard InChI is InChI=1S/C20H34O3Si/c1-20(2,3)24(5,6)23-19-17(21-4)13-10-14-18(19)22-15-16-11-8-7-9-12-16/h7-9,11-12,17-19H,10,13-15H2,1-6H3. The third-order valence-electron chi connectivity index (χ3n) is 5.56. The van der Waals surface area contributed by atoms with Crippen molar-refractivity contribution < 1.29 is 13.9 Å². The van der Waals surface area contributed by atoms with Gasteiger partial charge in [0.2, 0.25) is 0 Å². The minimum absolute atomic E-state index is 0.0355. The number of hydrogen-bond donors (Lipinski definition) is 0. The molecule has 0 bridgehead atoms. The van der Waals surface area contributed by atoms with E-state index in [0.717, 1.165) is 19.3 Å². The third kappa shape index (κ3) is 4.91. The largest absolute Gasteiger partial charge is 0.409 e. The Morgan fingerprint density at radius 2 is 1.67 bits per heavy atom. The Hall–Kier alpha value is -0.683. The minimum Gasteiger partial charge on any atom is -0.409 e. The highest BCUT2D eigenvalue weighted by Gasteiger charge is 2.44. The minimum atomic E-state index is -1.86. The maximum Gasteiger partial charge on any atom is 0.192 e. The number of ether oxygens (including phenoxy) is 2. The van der Waals surface area contributed by atoms with E-state index in [2.05, 4.69) is 58.1 Å². The molecule has 1 saturated carbocycles. The zero-order valence-electron chi connectivity index (χ0n) is 16.2. The maximum atomic E-state index is 6.74. The van der Waals surface area contributed by atoms with Gasteiger partial charge in [0.05, 0.1) is 24.9 Å². The van der Waals surface area contributed by atoms with E-state index in [1.54, 1.807) is 7.11 Å². The summed E-state index contributed by atoms with van der Waals surface area (Å²) in [5.74, 6) is 0. The average Bonchev–Trinajstić information content (AvgIpc) is 2.53. The van der Waals surface area contributed by atoms with Gasteiger partial charge in [-0.2, -0.15) is 0 Å². The van der Waals surface area contributed by atoms with E-state index in [9.17, 15) is 0 Å². The summed E-state index contributed by atoms with van der Waals surface area (Å²) >= 11 is 0. The van der Waals surface area contributed by atoms with Gasteiger partial charge < -0.3 is 13.9 Å². The Labute approximate surface area is 148 Å². The normalized spacial score (nSPS) is 25.7. The monoisotopic (exact) mass is 350 g/mol. The van der Waals surface area contributed by atoms with Crippen molar-refractivity contribution >= 4 is 8.32 Å². The first kappa shape index (κ1) is 19.6. The zero-order chi connectivity index (χ0) is 17.8. The molecule has 1 aromatic carbocycles. The summed E-state index contributed by atoms with van der Waals surface area (Å²) in [6, 6.07) is 10.4. The van der Waals surface area contributed by atoms with Crippen molar-refractivity contribution in [3.8, 4) is 0 Å². The van der Waals surface area contributed by atoms with Gasteiger partial charge in [-0.1, -0.05) is 51.1 Å². The second-order valence-electron chi connectivity index (χ2n) is 8.38. The lowest BCUT2D eigenvalue weighted by molar-refractivity contribution is -0.122. The molecular formula is C20H34O3Si. The summed E-state index contributed by atoms with van der Waals surface area (Å²) in [7, 11) is -0.0626. The van der Waals surface area contributed by atoms with E-state index in [4.69, 9.17) is 13.9 Å². The third-order valence-corrected chi connectivity index (χ3v) is 10.0. The van der Waals surface area contributed by atoms with E-state index < -0.39 is 8.32 Å². The van der Waals surface area contributed by atoms with E-state index in [1.165, 1.54) is 5.56 Å². The molecule has 1 aromatic rings. The van der Waals surface area contributed by atoms with Gasteiger partial charge in [0, 0.05) is 7.11 Å². The summed E-state index contributed by atoms with van der Waals surface area (Å²) in [6.07, 6.45) is 3.52. The van der Waals surface area contributed by atoms with Crippen LogP contribution in [0.15, 0.2) is 30.3 Å². The van der Waals surface area contributed by atoms with Crippen LogP contribution in [0.2, 0.25) is 18.1 Å². The quantitative estimate of drug-likeness (QED) is 0.663. The Kier molecular flexibility index (Phi) is 6.65.